The lowest BCUT2D eigenvalue weighted by Crippen LogP contribution is -2.62. The molecule has 3 aromatic carbocycles. The van der Waals surface area contributed by atoms with Crippen LogP contribution in [0.3, 0.4) is 0 Å². The second-order valence-electron chi connectivity index (χ2n) is 7.46. The van der Waals surface area contributed by atoms with Crippen LogP contribution in [0, 0.1) is 5.82 Å². The molecular weight excluding hydrogens is 477 g/mol. The molecule has 1 atom stereocenters. The van der Waals surface area contributed by atoms with Gasteiger partial charge in [-0.15, -0.1) is 0 Å². The molecule has 6 nitrogen and oxygen atoms in total. The Bertz CT molecular complexity index is 1170. The van der Waals surface area contributed by atoms with E-state index in [0.717, 1.165) is 16.9 Å². The fourth-order valence-electron chi connectivity index (χ4n) is 3.67. The van der Waals surface area contributed by atoms with Crippen LogP contribution in [0.15, 0.2) is 71.2 Å². The first kappa shape index (κ1) is 22.0. The molecule has 32 heavy (non-hydrogen) atoms. The Hall–Kier alpha value is -3.23. The highest BCUT2D eigenvalue weighted by molar-refractivity contribution is 9.10. The van der Waals surface area contributed by atoms with Gasteiger partial charge in [0.05, 0.1) is 5.69 Å². The minimum absolute atomic E-state index is 0.0506. The van der Waals surface area contributed by atoms with Gasteiger partial charge in [0.1, 0.15) is 5.82 Å². The standard InChI is InChI=1S/C24H21BrFN3O3/c1-2-15-5-10-19(11-6-15)29-23(31)28-21-12-7-17(25)13-20(21)24(29,32)22(30)27-14-16-3-8-18(26)9-4-16/h3-13,32H,2,14H2,1H3,(H,27,30)(H,28,31)/t24-/m0/s1. The molecule has 0 unspecified atom stereocenters. The lowest BCUT2D eigenvalue weighted by atomic mass is 9.94. The van der Waals surface area contributed by atoms with E-state index in [9.17, 15) is 19.1 Å². The third-order valence-corrected chi connectivity index (χ3v) is 5.90. The summed E-state index contributed by atoms with van der Waals surface area (Å²) >= 11 is 3.37. The van der Waals surface area contributed by atoms with Crippen molar-refractivity contribution in [2.24, 2.45) is 0 Å². The van der Waals surface area contributed by atoms with Gasteiger partial charge >= 0.3 is 6.03 Å². The Morgan fingerprint density at radius 3 is 2.41 bits per heavy atom. The number of aryl methyl sites for hydroxylation is 1. The van der Waals surface area contributed by atoms with Crippen LogP contribution < -0.4 is 15.5 Å². The van der Waals surface area contributed by atoms with Crippen LogP contribution in [0.4, 0.5) is 20.6 Å². The lowest BCUT2D eigenvalue weighted by molar-refractivity contribution is -0.140. The Labute approximate surface area is 193 Å². The van der Waals surface area contributed by atoms with Gasteiger partial charge in [-0.05, 0) is 60.0 Å². The number of nitrogens with one attached hydrogen (secondary N) is 2. The predicted molar refractivity (Wildman–Crippen MR) is 124 cm³/mol. The van der Waals surface area contributed by atoms with Crippen molar-refractivity contribution in [3.63, 3.8) is 0 Å². The normalized spacial score (nSPS) is 17.5. The monoisotopic (exact) mass is 497 g/mol. The molecule has 0 aliphatic carbocycles. The quantitative estimate of drug-likeness (QED) is 0.479. The van der Waals surface area contributed by atoms with E-state index in [0.29, 0.717) is 21.4 Å². The molecule has 3 N–H and O–H groups in total. The molecule has 1 heterocycles. The van der Waals surface area contributed by atoms with Gasteiger partial charge in [0.25, 0.3) is 11.6 Å². The summed E-state index contributed by atoms with van der Waals surface area (Å²) < 4.78 is 13.8. The molecule has 4 rings (SSSR count). The van der Waals surface area contributed by atoms with Crippen molar-refractivity contribution in [1.29, 1.82) is 0 Å². The summed E-state index contributed by atoms with van der Waals surface area (Å²) in [7, 11) is 0. The third kappa shape index (κ3) is 3.99. The lowest BCUT2D eigenvalue weighted by Gasteiger charge is -2.42. The number of aliphatic hydroxyl groups is 1. The smallest absolute Gasteiger partial charge is 0.329 e. The third-order valence-electron chi connectivity index (χ3n) is 5.41. The van der Waals surface area contributed by atoms with Gasteiger partial charge in [-0.2, -0.15) is 0 Å². The molecule has 1 aliphatic rings. The van der Waals surface area contributed by atoms with Gasteiger partial charge in [0.2, 0.25) is 0 Å². The van der Waals surface area contributed by atoms with E-state index in [2.05, 4.69) is 26.6 Å². The van der Waals surface area contributed by atoms with Crippen molar-refractivity contribution in [2.75, 3.05) is 10.2 Å². The number of rotatable bonds is 5. The number of nitrogens with zero attached hydrogens (tertiary/aromatic N) is 1. The van der Waals surface area contributed by atoms with Gasteiger partial charge in [0, 0.05) is 22.3 Å². The molecule has 164 valence electrons. The molecular formula is C24H21BrFN3O3. The van der Waals surface area contributed by atoms with Gasteiger partial charge in [-0.1, -0.05) is 47.1 Å². The molecule has 0 saturated carbocycles. The number of anilines is 2. The number of hydrogen-bond acceptors (Lipinski definition) is 3. The number of carbonyl (C=O) groups is 2. The summed E-state index contributed by atoms with van der Waals surface area (Å²) in [5, 5.41) is 17.2. The first-order valence-electron chi connectivity index (χ1n) is 10.1. The first-order valence-corrected chi connectivity index (χ1v) is 10.9. The second-order valence-corrected chi connectivity index (χ2v) is 8.37. The number of benzene rings is 3. The number of carbonyl (C=O) groups excluding carboxylic acids is 2. The highest BCUT2D eigenvalue weighted by Crippen LogP contribution is 2.41. The molecule has 0 saturated heterocycles. The number of amides is 3. The zero-order chi connectivity index (χ0) is 22.9. The van der Waals surface area contributed by atoms with Crippen LogP contribution >= 0.6 is 15.9 Å². The van der Waals surface area contributed by atoms with Crippen molar-refractivity contribution < 1.29 is 19.1 Å². The molecule has 1 aliphatic heterocycles. The van der Waals surface area contributed by atoms with Gasteiger partial charge in [-0.25, -0.2) is 9.18 Å². The minimum atomic E-state index is -2.31. The van der Waals surface area contributed by atoms with Crippen LogP contribution in [0.25, 0.3) is 0 Å². The van der Waals surface area contributed by atoms with E-state index in [-0.39, 0.29) is 17.9 Å². The molecule has 3 aromatic rings. The maximum Gasteiger partial charge on any atom is 0.329 e. The Kier molecular flexibility index (Phi) is 5.99. The fraction of sp³-hybridized carbons (Fsp3) is 0.167. The maximum absolute atomic E-state index is 13.4. The Morgan fingerprint density at radius 1 is 1.09 bits per heavy atom. The average molecular weight is 498 g/mol. The summed E-state index contributed by atoms with van der Waals surface area (Å²) in [6, 6.07) is 17.0. The van der Waals surface area contributed by atoms with Gasteiger partial charge < -0.3 is 15.7 Å². The van der Waals surface area contributed by atoms with Crippen molar-refractivity contribution in [1.82, 2.24) is 5.32 Å². The highest BCUT2D eigenvalue weighted by atomic mass is 79.9. The highest BCUT2D eigenvalue weighted by Gasteiger charge is 2.52. The van der Waals surface area contributed by atoms with Crippen LogP contribution in [0.2, 0.25) is 0 Å². The average Bonchev–Trinajstić information content (AvgIpc) is 2.79. The van der Waals surface area contributed by atoms with Crippen molar-refractivity contribution in [3.05, 3.63) is 93.7 Å². The first-order chi connectivity index (χ1) is 15.3. The summed E-state index contributed by atoms with van der Waals surface area (Å²) in [6.45, 7) is 2.06. The molecule has 0 spiro atoms. The Balaban J connectivity index is 1.76. The van der Waals surface area contributed by atoms with Crippen LogP contribution in [-0.2, 0) is 23.5 Å². The largest absolute Gasteiger partial charge is 0.359 e. The van der Waals surface area contributed by atoms with Gasteiger partial charge in [0.15, 0.2) is 0 Å². The van der Waals surface area contributed by atoms with E-state index < -0.39 is 17.7 Å². The number of fused-ring (bicyclic) bond motifs is 1. The molecule has 0 radical (unpaired) electrons. The van der Waals surface area contributed by atoms with E-state index in [1.807, 2.05) is 19.1 Å². The molecule has 8 heteroatoms. The molecule has 0 aromatic heterocycles. The number of urea groups is 1. The fourth-order valence-corrected chi connectivity index (χ4v) is 4.03. The maximum atomic E-state index is 13.4. The van der Waals surface area contributed by atoms with Crippen LogP contribution in [0.1, 0.15) is 23.6 Å². The SMILES string of the molecule is CCc1ccc(N2C(=O)Nc3ccc(Br)cc3[C@]2(O)C(=O)NCc2ccc(F)cc2)cc1. The zero-order valence-corrected chi connectivity index (χ0v) is 18.8. The summed E-state index contributed by atoms with van der Waals surface area (Å²) in [4.78, 5) is 27.5. The van der Waals surface area contributed by atoms with Crippen molar-refractivity contribution in [3.8, 4) is 0 Å². The van der Waals surface area contributed by atoms with Gasteiger partial charge in [-0.3, -0.25) is 9.69 Å². The molecule has 0 fully saturated rings. The van der Waals surface area contributed by atoms with E-state index in [1.54, 1.807) is 42.5 Å². The molecule has 3 amide bonds. The van der Waals surface area contributed by atoms with Crippen LogP contribution in [-0.4, -0.2) is 17.0 Å². The number of hydrogen-bond donors (Lipinski definition) is 3. The summed E-state index contributed by atoms with van der Waals surface area (Å²) in [5.41, 5.74) is 0.317. The minimum Gasteiger partial charge on any atom is -0.359 e. The van der Waals surface area contributed by atoms with Crippen LogP contribution in [0.5, 0.6) is 0 Å². The topological polar surface area (TPSA) is 81.7 Å². The predicted octanol–water partition coefficient (Wildman–Crippen LogP) is 4.66. The van der Waals surface area contributed by atoms with E-state index >= 15 is 0 Å². The summed E-state index contributed by atoms with van der Waals surface area (Å²) in [6.07, 6.45) is 0.810. The second kappa shape index (κ2) is 8.72. The van der Waals surface area contributed by atoms with E-state index in [4.69, 9.17) is 0 Å². The van der Waals surface area contributed by atoms with E-state index in [1.165, 1.54) is 12.1 Å². The Morgan fingerprint density at radius 2 is 1.75 bits per heavy atom. The number of halogens is 2. The summed E-state index contributed by atoms with van der Waals surface area (Å²) in [5.74, 6) is -1.17. The van der Waals surface area contributed by atoms with Crippen molar-refractivity contribution >= 4 is 39.2 Å². The van der Waals surface area contributed by atoms with Crippen molar-refractivity contribution in [2.45, 2.75) is 25.6 Å². The molecule has 0 bridgehead atoms. The zero-order valence-electron chi connectivity index (χ0n) is 17.2.